The lowest BCUT2D eigenvalue weighted by Crippen LogP contribution is -2.43. The molecule has 0 fully saturated rings. The summed E-state index contributed by atoms with van der Waals surface area (Å²) in [6.45, 7) is 5.05. The summed E-state index contributed by atoms with van der Waals surface area (Å²) in [5.74, 6) is 0.585. The summed E-state index contributed by atoms with van der Waals surface area (Å²) in [5.41, 5.74) is 8.14. The van der Waals surface area contributed by atoms with E-state index in [1.807, 2.05) is 23.9 Å². The van der Waals surface area contributed by atoms with Crippen molar-refractivity contribution in [3.8, 4) is 5.75 Å². The minimum Gasteiger partial charge on any atom is -0.479 e. The molecule has 1 aromatic carbocycles. The van der Waals surface area contributed by atoms with Crippen LogP contribution in [0.1, 0.15) is 19.4 Å². The molecule has 2 N–H and O–H groups in total. The van der Waals surface area contributed by atoms with Crippen molar-refractivity contribution in [2.45, 2.75) is 33.0 Å². The van der Waals surface area contributed by atoms with E-state index < -0.39 is 6.10 Å². The fourth-order valence-corrected chi connectivity index (χ4v) is 2.43. The van der Waals surface area contributed by atoms with Gasteiger partial charge in [0, 0.05) is 30.1 Å². The highest BCUT2D eigenvalue weighted by atomic mass is 16.5. The molecule has 0 spiro atoms. The fourth-order valence-electron chi connectivity index (χ4n) is 2.43. The molecule has 1 unspecified atom stereocenters. The molecule has 2 aromatic rings. The number of nitrogen functional groups attached to an aromatic ring is 1. The minimum absolute atomic E-state index is 0.0588. The SMILES string of the molecule is CCn1cc(CN2C(=O)C(C)Oc3cc(N)ccc32)cn1. The van der Waals surface area contributed by atoms with Crippen LogP contribution < -0.4 is 15.4 Å². The number of aromatic nitrogens is 2. The second-order valence-corrected chi connectivity index (χ2v) is 5.12. The Bertz CT molecular complexity index is 680. The van der Waals surface area contributed by atoms with Crippen LogP contribution in [0.5, 0.6) is 5.75 Å². The van der Waals surface area contributed by atoms with Crippen LogP contribution in [0.3, 0.4) is 0 Å². The molecule has 3 rings (SSSR count). The van der Waals surface area contributed by atoms with Gasteiger partial charge in [-0.2, -0.15) is 5.10 Å². The molecule has 0 saturated heterocycles. The summed E-state index contributed by atoms with van der Waals surface area (Å²) >= 11 is 0. The first-order valence-corrected chi connectivity index (χ1v) is 6.97. The summed E-state index contributed by atoms with van der Waals surface area (Å²) in [5, 5.41) is 4.24. The second-order valence-electron chi connectivity index (χ2n) is 5.12. The van der Waals surface area contributed by atoms with Gasteiger partial charge in [-0.25, -0.2) is 0 Å². The molecule has 1 aliphatic rings. The molecule has 2 heterocycles. The zero-order chi connectivity index (χ0) is 15.0. The number of fused-ring (bicyclic) bond motifs is 1. The molecule has 1 aliphatic heterocycles. The van der Waals surface area contributed by atoms with Gasteiger partial charge >= 0.3 is 0 Å². The number of carbonyl (C=O) groups excluding carboxylic acids is 1. The number of hydrogen-bond donors (Lipinski definition) is 1. The maximum Gasteiger partial charge on any atom is 0.268 e. The number of ether oxygens (including phenoxy) is 1. The highest BCUT2D eigenvalue weighted by Gasteiger charge is 2.31. The van der Waals surface area contributed by atoms with Crippen molar-refractivity contribution in [3.05, 3.63) is 36.2 Å². The van der Waals surface area contributed by atoms with Gasteiger partial charge in [-0.15, -0.1) is 0 Å². The number of amides is 1. The maximum atomic E-state index is 12.4. The van der Waals surface area contributed by atoms with Crippen LogP contribution >= 0.6 is 0 Å². The topological polar surface area (TPSA) is 73.4 Å². The highest BCUT2D eigenvalue weighted by molar-refractivity contribution is 6.00. The van der Waals surface area contributed by atoms with Crippen molar-refractivity contribution in [2.24, 2.45) is 0 Å². The Balaban J connectivity index is 1.94. The molecular weight excluding hydrogens is 268 g/mol. The van der Waals surface area contributed by atoms with Crippen molar-refractivity contribution in [1.82, 2.24) is 9.78 Å². The molecule has 6 heteroatoms. The number of hydrogen-bond acceptors (Lipinski definition) is 4. The number of nitrogens with zero attached hydrogens (tertiary/aromatic N) is 3. The largest absolute Gasteiger partial charge is 0.479 e. The van der Waals surface area contributed by atoms with Gasteiger partial charge in [0.05, 0.1) is 18.4 Å². The van der Waals surface area contributed by atoms with E-state index in [4.69, 9.17) is 10.5 Å². The monoisotopic (exact) mass is 286 g/mol. The number of benzene rings is 1. The lowest BCUT2D eigenvalue weighted by molar-refractivity contribution is -0.125. The van der Waals surface area contributed by atoms with Crippen molar-refractivity contribution in [1.29, 1.82) is 0 Å². The van der Waals surface area contributed by atoms with Gasteiger partial charge in [-0.05, 0) is 26.0 Å². The van der Waals surface area contributed by atoms with Crippen molar-refractivity contribution in [2.75, 3.05) is 10.6 Å². The number of rotatable bonds is 3. The van der Waals surface area contributed by atoms with E-state index in [2.05, 4.69) is 5.10 Å². The molecule has 110 valence electrons. The Morgan fingerprint density at radius 3 is 2.95 bits per heavy atom. The molecule has 0 bridgehead atoms. The molecule has 21 heavy (non-hydrogen) atoms. The number of anilines is 2. The van der Waals surface area contributed by atoms with Gasteiger partial charge in [-0.1, -0.05) is 0 Å². The lowest BCUT2D eigenvalue weighted by Gasteiger charge is -2.32. The average molecular weight is 286 g/mol. The Labute approximate surface area is 123 Å². The van der Waals surface area contributed by atoms with Crippen LogP contribution in [0.15, 0.2) is 30.6 Å². The third-order valence-corrected chi connectivity index (χ3v) is 3.54. The Morgan fingerprint density at radius 2 is 2.24 bits per heavy atom. The van der Waals surface area contributed by atoms with E-state index in [0.29, 0.717) is 18.0 Å². The first-order chi connectivity index (χ1) is 10.1. The normalized spacial score (nSPS) is 17.5. The van der Waals surface area contributed by atoms with Crippen LogP contribution in [-0.4, -0.2) is 21.8 Å². The lowest BCUT2D eigenvalue weighted by atomic mass is 10.1. The molecule has 1 amide bonds. The van der Waals surface area contributed by atoms with Crippen LogP contribution in [0.25, 0.3) is 0 Å². The molecule has 6 nitrogen and oxygen atoms in total. The van der Waals surface area contributed by atoms with Gasteiger partial charge in [0.2, 0.25) is 0 Å². The van der Waals surface area contributed by atoms with E-state index in [0.717, 1.165) is 17.8 Å². The summed E-state index contributed by atoms with van der Waals surface area (Å²) < 4.78 is 7.47. The predicted molar refractivity (Wildman–Crippen MR) is 80.0 cm³/mol. The second kappa shape index (κ2) is 5.12. The van der Waals surface area contributed by atoms with E-state index in [-0.39, 0.29) is 5.91 Å². The predicted octanol–water partition coefficient (Wildman–Crippen LogP) is 1.80. The van der Waals surface area contributed by atoms with Crippen molar-refractivity contribution >= 4 is 17.3 Å². The van der Waals surface area contributed by atoms with Gasteiger partial charge < -0.3 is 15.4 Å². The molecule has 0 saturated carbocycles. The van der Waals surface area contributed by atoms with Gasteiger partial charge in [-0.3, -0.25) is 9.48 Å². The fraction of sp³-hybridized carbons (Fsp3) is 0.333. The summed E-state index contributed by atoms with van der Waals surface area (Å²) in [7, 11) is 0. The van der Waals surface area contributed by atoms with Crippen LogP contribution in [0, 0.1) is 0 Å². The van der Waals surface area contributed by atoms with Gasteiger partial charge in [0.15, 0.2) is 6.10 Å². The molecule has 0 aliphatic carbocycles. The number of carbonyl (C=O) groups is 1. The van der Waals surface area contributed by atoms with Gasteiger partial charge in [0.25, 0.3) is 5.91 Å². The zero-order valence-corrected chi connectivity index (χ0v) is 12.1. The van der Waals surface area contributed by atoms with E-state index >= 15 is 0 Å². The Kier molecular flexibility index (Phi) is 3.29. The average Bonchev–Trinajstić information content (AvgIpc) is 2.91. The highest BCUT2D eigenvalue weighted by Crippen LogP contribution is 2.36. The Morgan fingerprint density at radius 1 is 1.43 bits per heavy atom. The molecule has 1 atom stereocenters. The first-order valence-electron chi connectivity index (χ1n) is 6.97. The summed E-state index contributed by atoms with van der Waals surface area (Å²) in [6.07, 6.45) is 3.22. The maximum absolute atomic E-state index is 12.4. The van der Waals surface area contributed by atoms with Crippen LogP contribution in [-0.2, 0) is 17.9 Å². The quantitative estimate of drug-likeness (QED) is 0.873. The first kappa shape index (κ1) is 13.5. The zero-order valence-electron chi connectivity index (χ0n) is 12.1. The van der Waals surface area contributed by atoms with Crippen molar-refractivity contribution < 1.29 is 9.53 Å². The van der Waals surface area contributed by atoms with Crippen LogP contribution in [0.2, 0.25) is 0 Å². The molecule has 0 radical (unpaired) electrons. The molecular formula is C15H18N4O2. The molecule has 1 aromatic heterocycles. The third kappa shape index (κ3) is 2.44. The minimum atomic E-state index is -0.513. The summed E-state index contributed by atoms with van der Waals surface area (Å²) in [6, 6.07) is 5.34. The smallest absolute Gasteiger partial charge is 0.268 e. The van der Waals surface area contributed by atoms with E-state index in [1.54, 1.807) is 30.2 Å². The van der Waals surface area contributed by atoms with E-state index in [9.17, 15) is 4.79 Å². The van der Waals surface area contributed by atoms with E-state index in [1.165, 1.54) is 0 Å². The standard InChI is InChI=1S/C15H18N4O2/c1-3-18-8-11(7-17-18)9-19-13-5-4-12(16)6-14(13)21-10(2)15(19)20/h4-8,10H,3,9,16H2,1-2H3. The third-order valence-electron chi connectivity index (χ3n) is 3.54. The summed E-state index contributed by atoms with van der Waals surface area (Å²) in [4.78, 5) is 14.1. The Hall–Kier alpha value is -2.50. The number of aryl methyl sites for hydroxylation is 1. The van der Waals surface area contributed by atoms with Gasteiger partial charge in [0.1, 0.15) is 5.75 Å². The van der Waals surface area contributed by atoms with Crippen LogP contribution in [0.4, 0.5) is 11.4 Å². The van der Waals surface area contributed by atoms with Crippen molar-refractivity contribution in [3.63, 3.8) is 0 Å². The number of nitrogens with two attached hydrogens (primary N) is 1.